The molecular weight excluding hydrogens is 292 g/mol. The number of ether oxygens (including phenoxy) is 1. The maximum absolute atomic E-state index is 9.90. The van der Waals surface area contributed by atoms with Gasteiger partial charge in [0, 0.05) is 0 Å². The van der Waals surface area contributed by atoms with E-state index in [2.05, 4.69) is 12.1 Å². The highest BCUT2D eigenvalue weighted by atomic mass is 32.2. The summed E-state index contributed by atoms with van der Waals surface area (Å²) in [6.45, 7) is -0.383. The fourth-order valence-corrected chi connectivity index (χ4v) is 3.45. The number of rotatable bonds is 6. The van der Waals surface area contributed by atoms with Crippen molar-refractivity contribution < 1.29 is 25.2 Å². The van der Waals surface area contributed by atoms with Crippen LogP contribution in [0.15, 0.2) is 30.3 Å². The van der Waals surface area contributed by atoms with Crippen LogP contribution < -0.4 is 0 Å². The van der Waals surface area contributed by atoms with E-state index in [9.17, 15) is 15.3 Å². The van der Waals surface area contributed by atoms with Gasteiger partial charge < -0.3 is 25.2 Å². The molecular formula is C15H22O5S. The van der Waals surface area contributed by atoms with Gasteiger partial charge in [0.25, 0.3) is 0 Å². The molecule has 4 N–H and O–H groups in total. The van der Waals surface area contributed by atoms with Crippen molar-refractivity contribution >= 4 is 11.8 Å². The number of aliphatic hydroxyl groups is 4. The van der Waals surface area contributed by atoms with Gasteiger partial charge in [0.1, 0.15) is 29.9 Å². The minimum absolute atomic E-state index is 0.383. The lowest BCUT2D eigenvalue weighted by molar-refractivity contribution is -0.205. The summed E-state index contributed by atoms with van der Waals surface area (Å²) >= 11 is 1.40. The van der Waals surface area contributed by atoms with Gasteiger partial charge in [-0.2, -0.15) is 0 Å². The van der Waals surface area contributed by atoms with E-state index in [1.165, 1.54) is 17.3 Å². The number of hydrogen-bond acceptors (Lipinski definition) is 6. The monoisotopic (exact) mass is 314 g/mol. The van der Waals surface area contributed by atoms with E-state index in [1.54, 1.807) is 0 Å². The van der Waals surface area contributed by atoms with Crippen LogP contribution in [0.4, 0.5) is 0 Å². The van der Waals surface area contributed by atoms with Crippen molar-refractivity contribution in [2.24, 2.45) is 0 Å². The first kappa shape index (κ1) is 16.7. The Hall–Kier alpha value is -0.630. The molecule has 1 saturated heterocycles. The summed E-state index contributed by atoms with van der Waals surface area (Å²) in [6, 6.07) is 10.1. The zero-order valence-electron chi connectivity index (χ0n) is 11.7. The smallest absolute Gasteiger partial charge is 0.132 e. The Morgan fingerprint density at radius 3 is 2.38 bits per heavy atom. The van der Waals surface area contributed by atoms with Gasteiger partial charge in [0.2, 0.25) is 0 Å². The van der Waals surface area contributed by atoms with Crippen molar-refractivity contribution in [3.05, 3.63) is 35.9 Å². The minimum Gasteiger partial charge on any atom is -0.394 e. The summed E-state index contributed by atoms with van der Waals surface area (Å²) in [4.78, 5) is 0. The molecule has 0 aliphatic carbocycles. The molecule has 5 atom stereocenters. The highest BCUT2D eigenvalue weighted by Gasteiger charge is 2.43. The van der Waals surface area contributed by atoms with Crippen molar-refractivity contribution in [3.63, 3.8) is 0 Å². The average Bonchev–Trinajstić information content (AvgIpc) is 2.52. The lowest BCUT2D eigenvalue weighted by Gasteiger charge is -2.39. The number of hydrogen-bond donors (Lipinski definition) is 4. The van der Waals surface area contributed by atoms with E-state index in [-0.39, 0.29) is 6.61 Å². The van der Waals surface area contributed by atoms with Crippen molar-refractivity contribution in [1.82, 2.24) is 0 Å². The second-order valence-corrected chi connectivity index (χ2v) is 6.36. The predicted molar refractivity (Wildman–Crippen MR) is 81.0 cm³/mol. The van der Waals surface area contributed by atoms with Gasteiger partial charge in [0.15, 0.2) is 0 Å². The molecule has 0 aromatic heterocycles. The molecule has 1 aliphatic rings. The van der Waals surface area contributed by atoms with Crippen molar-refractivity contribution in [3.8, 4) is 0 Å². The van der Waals surface area contributed by atoms with Crippen molar-refractivity contribution in [2.45, 2.75) is 42.7 Å². The molecule has 0 amide bonds. The molecule has 1 aliphatic heterocycles. The van der Waals surface area contributed by atoms with Crippen LogP contribution in [-0.2, 0) is 11.2 Å². The molecule has 2 rings (SSSR count). The van der Waals surface area contributed by atoms with E-state index in [0.717, 1.165) is 18.6 Å². The highest BCUT2D eigenvalue weighted by Crippen LogP contribution is 2.29. The van der Waals surface area contributed by atoms with Gasteiger partial charge in [-0.3, -0.25) is 0 Å². The molecule has 0 spiro atoms. The van der Waals surface area contributed by atoms with E-state index >= 15 is 0 Å². The maximum atomic E-state index is 9.90. The molecule has 0 unspecified atom stereocenters. The quantitative estimate of drug-likeness (QED) is 0.559. The second kappa shape index (κ2) is 8.12. The second-order valence-electron chi connectivity index (χ2n) is 5.16. The number of aliphatic hydroxyl groups excluding tert-OH is 4. The maximum Gasteiger partial charge on any atom is 0.132 e. The van der Waals surface area contributed by atoms with Crippen LogP contribution in [0.1, 0.15) is 12.0 Å². The minimum atomic E-state index is -1.29. The van der Waals surface area contributed by atoms with E-state index in [1.807, 2.05) is 18.2 Å². The Balaban J connectivity index is 1.77. The molecule has 118 valence electrons. The van der Waals surface area contributed by atoms with Gasteiger partial charge in [-0.05, 0) is 24.2 Å². The van der Waals surface area contributed by atoms with Crippen molar-refractivity contribution in [1.29, 1.82) is 0 Å². The van der Waals surface area contributed by atoms with Crippen LogP contribution in [0, 0.1) is 0 Å². The molecule has 0 saturated carbocycles. The highest BCUT2D eigenvalue weighted by molar-refractivity contribution is 7.99. The Morgan fingerprint density at radius 1 is 1.00 bits per heavy atom. The largest absolute Gasteiger partial charge is 0.394 e. The molecule has 0 bridgehead atoms. The van der Waals surface area contributed by atoms with Gasteiger partial charge in [-0.1, -0.05) is 30.3 Å². The Labute approximate surface area is 128 Å². The zero-order valence-corrected chi connectivity index (χ0v) is 12.5. The Morgan fingerprint density at radius 2 is 1.71 bits per heavy atom. The Bertz CT molecular complexity index is 414. The number of benzene rings is 1. The first-order valence-electron chi connectivity index (χ1n) is 7.09. The first-order valence-corrected chi connectivity index (χ1v) is 8.14. The fourth-order valence-electron chi connectivity index (χ4n) is 2.33. The van der Waals surface area contributed by atoms with E-state index in [0.29, 0.717) is 0 Å². The first-order chi connectivity index (χ1) is 10.1. The molecule has 21 heavy (non-hydrogen) atoms. The summed E-state index contributed by atoms with van der Waals surface area (Å²) in [6.07, 6.45) is -2.69. The fraction of sp³-hybridized carbons (Fsp3) is 0.600. The van der Waals surface area contributed by atoms with Crippen molar-refractivity contribution in [2.75, 3.05) is 12.4 Å². The van der Waals surface area contributed by atoms with Gasteiger partial charge in [-0.25, -0.2) is 0 Å². The standard InChI is InChI=1S/C15H22O5S/c16-9-11-12(17)13(18)14(19)15(20-11)21-8-4-7-10-5-2-1-3-6-10/h1-3,5-6,11-19H,4,7-9H2/t11-,12+,13+,14-,15+/m1/s1. The molecule has 1 aromatic rings. The van der Waals surface area contributed by atoms with Crippen LogP contribution in [0.3, 0.4) is 0 Å². The summed E-state index contributed by atoms with van der Waals surface area (Å²) in [5, 5.41) is 38.4. The lowest BCUT2D eigenvalue weighted by atomic mass is 10.0. The van der Waals surface area contributed by atoms with Crippen LogP contribution in [0.5, 0.6) is 0 Å². The molecule has 1 heterocycles. The van der Waals surface area contributed by atoms with E-state index in [4.69, 9.17) is 9.84 Å². The predicted octanol–water partition coefficient (Wildman–Crippen LogP) is 0.152. The van der Waals surface area contributed by atoms with Gasteiger partial charge >= 0.3 is 0 Å². The molecule has 1 aromatic carbocycles. The Kier molecular flexibility index (Phi) is 6.47. The van der Waals surface area contributed by atoms with Gasteiger partial charge in [-0.15, -0.1) is 11.8 Å². The molecule has 1 fully saturated rings. The summed E-state index contributed by atoms with van der Waals surface area (Å²) < 4.78 is 5.44. The zero-order chi connectivity index (χ0) is 15.2. The molecule has 0 radical (unpaired) electrons. The average molecular weight is 314 g/mol. The molecule has 6 heteroatoms. The summed E-state index contributed by atoms with van der Waals surface area (Å²) in [7, 11) is 0. The van der Waals surface area contributed by atoms with Crippen LogP contribution in [-0.4, -0.2) is 62.6 Å². The third kappa shape index (κ3) is 4.42. The topological polar surface area (TPSA) is 90.2 Å². The van der Waals surface area contributed by atoms with E-state index < -0.39 is 29.9 Å². The number of aryl methyl sites for hydroxylation is 1. The van der Waals surface area contributed by atoms with Crippen LogP contribution in [0.2, 0.25) is 0 Å². The third-order valence-electron chi connectivity index (χ3n) is 3.58. The summed E-state index contributed by atoms with van der Waals surface area (Å²) in [5.41, 5.74) is 0.628. The normalized spacial score (nSPS) is 33.0. The SMILES string of the molecule is OC[C@H]1O[C@@H](SCCCc2ccccc2)[C@H](O)[C@@H](O)[C@H]1O. The molecule has 5 nitrogen and oxygen atoms in total. The van der Waals surface area contributed by atoms with Gasteiger partial charge in [0.05, 0.1) is 6.61 Å². The third-order valence-corrected chi connectivity index (χ3v) is 4.83. The lowest BCUT2D eigenvalue weighted by Crippen LogP contribution is -2.57. The van der Waals surface area contributed by atoms with Crippen LogP contribution >= 0.6 is 11.8 Å². The summed E-state index contributed by atoms with van der Waals surface area (Å²) in [5.74, 6) is 0.761. The number of thioether (sulfide) groups is 1. The van der Waals surface area contributed by atoms with Crippen LogP contribution in [0.25, 0.3) is 0 Å².